The van der Waals surface area contributed by atoms with Crippen molar-refractivity contribution in [2.75, 3.05) is 36.7 Å². The molecule has 2 aromatic rings. The summed E-state index contributed by atoms with van der Waals surface area (Å²) in [6.07, 6.45) is 2.74. The van der Waals surface area contributed by atoms with Gasteiger partial charge in [0, 0.05) is 26.7 Å². The maximum atomic E-state index is 12.7. The van der Waals surface area contributed by atoms with Crippen LogP contribution in [0.2, 0.25) is 0 Å². The molecule has 0 aromatic heterocycles. The molecule has 1 aliphatic heterocycles. The quantitative estimate of drug-likeness (QED) is 0.405. The third-order valence-corrected chi connectivity index (χ3v) is 6.60. The molecule has 0 atom stereocenters. The second kappa shape index (κ2) is 9.59. The van der Waals surface area contributed by atoms with Gasteiger partial charge in [-0.2, -0.15) is 0 Å². The predicted molar refractivity (Wildman–Crippen MR) is 115 cm³/mol. The molecular formula is C21H28N4O2S. The third kappa shape index (κ3) is 5.25. The van der Waals surface area contributed by atoms with Crippen molar-refractivity contribution >= 4 is 21.7 Å². The Morgan fingerprint density at radius 3 is 2.54 bits per heavy atom. The van der Waals surface area contributed by atoms with Crippen molar-refractivity contribution in [1.29, 1.82) is 0 Å². The first-order chi connectivity index (χ1) is 13.6. The molecule has 0 saturated carbocycles. The number of aryl methyl sites for hydroxylation is 1. The van der Waals surface area contributed by atoms with E-state index >= 15 is 0 Å². The summed E-state index contributed by atoms with van der Waals surface area (Å²) in [5.74, 6) is 0.663. The van der Waals surface area contributed by atoms with E-state index in [2.05, 4.69) is 27.8 Å². The molecular weight excluding hydrogens is 372 g/mol. The van der Waals surface area contributed by atoms with Crippen LogP contribution >= 0.6 is 0 Å². The van der Waals surface area contributed by atoms with Gasteiger partial charge in [-0.25, -0.2) is 8.42 Å². The van der Waals surface area contributed by atoms with E-state index < -0.39 is 10.0 Å². The zero-order valence-electron chi connectivity index (χ0n) is 16.3. The molecule has 0 amide bonds. The summed E-state index contributed by atoms with van der Waals surface area (Å²) in [5, 5.41) is 6.35. The molecule has 0 spiro atoms. The summed E-state index contributed by atoms with van der Waals surface area (Å²) < 4.78 is 26.9. The molecule has 2 aromatic carbocycles. The molecule has 3 rings (SSSR count). The molecule has 0 aliphatic carbocycles. The molecule has 28 heavy (non-hydrogen) atoms. The maximum Gasteiger partial charge on any atom is 0.236 e. The molecule has 1 heterocycles. The average molecular weight is 401 g/mol. The Morgan fingerprint density at radius 2 is 1.75 bits per heavy atom. The lowest BCUT2D eigenvalue weighted by atomic mass is 10.1. The Hall–Kier alpha value is -2.54. The average Bonchev–Trinajstić information content (AvgIpc) is 3.15. The normalized spacial score (nSPS) is 14.0. The number of nitrogens with one attached hydrogen (secondary N) is 2. The van der Waals surface area contributed by atoms with Gasteiger partial charge in [0.2, 0.25) is 10.0 Å². The van der Waals surface area contributed by atoms with E-state index in [1.807, 2.05) is 42.5 Å². The van der Waals surface area contributed by atoms with Gasteiger partial charge in [0.05, 0.1) is 11.4 Å². The highest BCUT2D eigenvalue weighted by Gasteiger charge is 2.28. The minimum absolute atomic E-state index is 0.0338. The summed E-state index contributed by atoms with van der Waals surface area (Å²) in [4.78, 5) is 4.17. The molecule has 0 saturated heterocycles. The van der Waals surface area contributed by atoms with E-state index in [4.69, 9.17) is 0 Å². The standard InChI is InChI=1S/C21H28N4O2S/c1-22-21(23-14-7-10-18-8-3-2-4-9-18)24-15-17-28(26,27)25-16-13-19-11-5-6-12-20(19)25/h2-6,8-9,11-12H,7,10,13-17H2,1H3,(H2,22,23,24). The summed E-state index contributed by atoms with van der Waals surface area (Å²) in [7, 11) is -1.66. The number of benzene rings is 2. The van der Waals surface area contributed by atoms with Gasteiger partial charge in [-0.05, 0) is 36.5 Å². The molecule has 0 radical (unpaired) electrons. The molecule has 150 valence electrons. The van der Waals surface area contributed by atoms with Crippen molar-refractivity contribution < 1.29 is 8.42 Å². The van der Waals surface area contributed by atoms with E-state index in [0.29, 0.717) is 19.0 Å². The van der Waals surface area contributed by atoms with Crippen LogP contribution in [0.4, 0.5) is 5.69 Å². The van der Waals surface area contributed by atoms with Crippen LogP contribution in [0.3, 0.4) is 0 Å². The van der Waals surface area contributed by atoms with Gasteiger partial charge in [0.15, 0.2) is 5.96 Å². The third-order valence-electron chi connectivity index (χ3n) is 4.83. The van der Waals surface area contributed by atoms with Crippen molar-refractivity contribution in [2.24, 2.45) is 4.99 Å². The lowest BCUT2D eigenvalue weighted by Gasteiger charge is -2.20. The van der Waals surface area contributed by atoms with Crippen molar-refractivity contribution in [3.05, 3.63) is 65.7 Å². The minimum Gasteiger partial charge on any atom is -0.356 e. The van der Waals surface area contributed by atoms with E-state index in [0.717, 1.165) is 37.1 Å². The van der Waals surface area contributed by atoms with Crippen molar-refractivity contribution in [2.45, 2.75) is 19.3 Å². The maximum absolute atomic E-state index is 12.7. The van der Waals surface area contributed by atoms with Crippen LogP contribution in [0.1, 0.15) is 17.5 Å². The Kier molecular flexibility index (Phi) is 6.92. The van der Waals surface area contributed by atoms with E-state index in [1.54, 1.807) is 7.05 Å². The van der Waals surface area contributed by atoms with E-state index in [1.165, 1.54) is 9.87 Å². The first kappa shape index (κ1) is 20.2. The van der Waals surface area contributed by atoms with Crippen molar-refractivity contribution in [3.8, 4) is 0 Å². The molecule has 0 bridgehead atoms. The molecule has 7 heteroatoms. The van der Waals surface area contributed by atoms with E-state index in [9.17, 15) is 8.42 Å². The van der Waals surface area contributed by atoms with Gasteiger partial charge in [-0.3, -0.25) is 9.30 Å². The highest BCUT2D eigenvalue weighted by Crippen LogP contribution is 2.29. The van der Waals surface area contributed by atoms with Gasteiger partial charge in [-0.1, -0.05) is 48.5 Å². The number of para-hydroxylation sites is 1. The zero-order valence-corrected chi connectivity index (χ0v) is 17.1. The second-order valence-electron chi connectivity index (χ2n) is 6.78. The SMILES string of the molecule is CN=C(NCCCc1ccccc1)NCCS(=O)(=O)N1CCc2ccccc21. The number of hydrogen-bond donors (Lipinski definition) is 2. The van der Waals surface area contributed by atoms with Gasteiger partial charge >= 0.3 is 0 Å². The summed E-state index contributed by atoms with van der Waals surface area (Å²) >= 11 is 0. The fourth-order valence-electron chi connectivity index (χ4n) is 3.37. The highest BCUT2D eigenvalue weighted by molar-refractivity contribution is 7.92. The molecule has 1 aliphatic rings. The zero-order chi connectivity index (χ0) is 19.8. The number of anilines is 1. The summed E-state index contributed by atoms with van der Waals surface area (Å²) in [6, 6.07) is 18.0. The van der Waals surface area contributed by atoms with Gasteiger partial charge in [0.1, 0.15) is 0 Å². The Labute approximate surface area is 167 Å². The largest absolute Gasteiger partial charge is 0.356 e. The minimum atomic E-state index is -3.35. The van der Waals surface area contributed by atoms with Crippen LogP contribution in [0, 0.1) is 0 Å². The number of guanidine groups is 1. The second-order valence-corrected chi connectivity index (χ2v) is 8.79. The Bertz CT molecular complexity index is 898. The molecule has 0 unspecified atom stereocenters. The number of hydrogen-bond acceptors (Lipinski definition) is 3. The first-order valence-electron chi connectivity index (χ1n) is 9.67. The van der Waals surface area contributed by atoms with Crippen molar-refractivity contribution in [1.82, 2.24) is 10.6 Å². The van der Waals surface area contributed by atoms with Crippen LogP contribution in [-0.2, 0) is 22.9 Å². The summed E-state index contributed by atoms with van der Waals surface area (Å²) in [5.41, 5.74) is 3.21. The number of rotatable bonds is 8. The predicted octanol–water partition coefficient (Wildman–Crippen LogP) is 2.18. The van der Waals surface area contributed by atoms with Gasteiger partial charge < -0.3 is 10.6 Å². The van der Waals surface area contributed by atoms with E-state index in [-0.39, 0.29) is 5.75 Å². The van der Waals surface area contributed by atoms with Crippen molar-refractivity contribution in [3.63, 3.8) is 0 Å². The Balaban J connectivity index is 1.42. The molecule has 0 fully saturated rings. The first-order valence-corrected chi connectivity index (χ1v) is 11.3. The van der Waals surface area contributed by atoms with Crippen LogP contribution in [0.15, 0.2) is 59.6 Å². The lowest BCUT2D eigenvalue weighted by Crippen LogP contribution is -2.42. The van der Waals surface area contributed by atoms with Crippen LogP contribution in [0.25, 0.3) is 0 Å². The smallest absolute Gasteiger partial charge is 0.236 e. The molecule has 6 nitrogen and oxygen atoms in total. The van der Waals surface area contributed by atoms with Crippen LogP contribution < -0.4 is 14.9 Å². The number of fused-ring (bicyclic) bond motifs is 1. The summed E-state index contributed by atoms with van der Waals surface area (Å²) in [6.45, 7) is 1.62. The molecule has 2 N–H and O–H groups in total. The monoisotopic (exact) mass is 400 g/mol. The van der Waals surface area contributed by atoms with Crippen LogP contribution in [0.5, 0.6) is 0 Å². The number of nitrogens with zero attached hydrogens (tertiary/aromatic N) is 2. The van der Waals surface area contributed by atoms with Gasteiger partial charge in [-0.15, -0.1) is 0 Å². The Morgan fingerprint density at radius 1 is 1.04 bits per heavy atom. The lowest BCUT2D eigenvalue weighted by molar-refractivity contribution is 0.590. The van der Waals surface area contributed by atoms with Crippen LogP contribution in [-0.4, -0.2) is 46.8 Å². The fourth-order valence-corrected chi connectivity index (χ4v) is 4.80. The highest BCUT2D eigenvalue weighted by atomic mass is 32.2. The topological polar surface area (TPSA) is 73.8 Å². The number of aliphatic imine (C=N–C) groups is 1. The number of sulfonamides is 1. The fraction of sp³-hybridized carbons (Fsp3) is 0.381. The van der Waals surface area contributed by atoms with Gasteiger partial charge in [0.25, 0.3) is 0 Å².